The minimum Gasteiger partial charge on any atom is -0.492 e. The van der Waals surface area contributed by atoms with Crippen molar-refractivity contribution < 1.29 is 14.3 Å². The molecule has 2 aromatic heterocycles. The first-order valence-corrected chi connectivity index (χ1v) is 9.77. The molecule has 150 valence electrons. The second-order valence-electron chi connectivity index (χ2n) is 6.12. The lowest BCUT2D eigenvalue weighted by Gasteiger charge is -2.09. The van der Waals surface area contributed by atoms with Crippen LogP contribution >= 0.6 is 11.3 Å². The second-order valence-corrected chi connectivity index (χ2v) is 7.07. The third-order valence-electron chi connectivity index (χ3n) is 3.85. The zero-order valence-electron chi connectivity index (χ0n) is 15.8. The summed E-state index contributed by atoms with van der Waals surface area (Å²) >= 11 is 1.50. The van der Waals surface area contributed by atoms with Crippen LogP contribution in [0.15, 0.2) is 59.0 Å². The molecule has 0 saturated carbocycles. The summed E-state index contributed by atoms with van der Waals surface area (Å²) in [6.45, 7) is 2.08. The molecule has 0 fully saturated rings. The number of aromatic nitrogens is 2. The van der Waals surface area contributed by atoms with Crippen LogP contribution in [0.1, 0.15) is 6.92 Å². The van der Waals surface area contributed by atoms with Gasteiger partial charge in [-0.2, -0.15) is 0 Å². The van der Waals surface area contributed by atoms with Gasteiger partial charge in [0.1, 0.15) is 18.9 Å². The Labute approximate surface area is 171 Å². The van der Waals surface area contributed by atoms with Gasteiger partial charge in [0.25, 0.3) is 5.56 Å². The Balaban J connectivity index is 1.53. The maximum Gasteiger partial charge on any atom is 0.254 e. The molecule has 8 nitrogen and oxygen atoms in total. The monoisotopic (exact) mass is 412 g/mol. The summed E-state index contributed by atoms with van der Waals surface area (Å²) in [6.07, 6.45) is 1.38. The third kappa shape index (κ3) is 6.01. The van der Waals surface area contributed by atoms with E-state index in [-0.39, 0.29) is 23.9 Å². The number of nitrogens with zero attached hydrogens (tertiary/aromatic N) is 2. The first-order valence-electron chi connectivity index (χ1n) is 8.89. The fourth-order valence-electron chi connectivity index (χ4n) is 2.49. The van der Waals surface area contributed by atoms with E-state index in [4.69, 9.17) is 4.74 Å². The summed E-state index contributed by atoms with van der Waals surface area (Å²) < 4.78 is 6.75. The molecule has 1 aromatic carbocycles. The Kier molecular flexibility index (Phi) is 6.75. The predicted molar refractivity (Wildman–Crippen MR) is 111 cm³/mol. The van der Waals surface area contributed by atoms with Crippen LogP contribution in [0.25, 0.3) is 10.6 Å². The zero-order chi connectivity index (χ0) is 20.6. The van der Waals surface area contributed by atoms with E-state index >= 15 is 0 Å². The first-order chi connectivity index (χ1) is 14.0. The highest BCUT2D eigenvalue weighted by molar-refractivity contribution is 7.13. The van der Waals surface area contributed by atoms with Crippen molar-refractivity contribution in [2.45, 2.75) is 13.5 Å². The van der Waals surface area contributed by atoms with Crippen LogP contribution in [0.5, 0.6) is 5.75 Å². The lowest BCUT2D eigenvalue weighted by atomic mass is 10.3. The zero-order valence-corrected chi connectivity index (χ0v) is 16.6. The largest absolute Gasteiger partial charge is 0.492 e. The molecule has 0 aliphatic rings. The van der Waals surface area contributed by atoms with E-state index in [0.29, 0.717) is 30.3 Å². The summed E-state index contributed by atoms with van der Waals surface area (Å²) in [6, 6.07) is 12.0. The van der Waals surface area contributed by atoms with Crippen LogP contribution in [0.3, 0.4) is 0 Å². The number of benzene rings is 1. The van der Waals surface area contributed by atoms with Gasteiger partial charge >= 0.3 is 0 Å². The lowest BCUT2D eigenvalue weighted by molar-refractivity contribution is -0.119. The Hall–Kier alpha value is -3.46. The topological polar surface area (TPSA) is 102 Å². The normalized spacial score (nSPS) is 10.4. The number of rotatable bonds is 8. The number of nitrogens with one attached hydrogen (secondary N) is 2. The van der Waals surface area contributed by atoms with Crippen molar-refractivity contribution in [3.05, 3.63) is 64.5 Å². The Morgan fingerprint density at radius 2 is 2.00 bits per heavy atom. The fourth-order valence-corrected chi connectivity index (χ4v) is 3.18. The molecule has 0 unspecified atom stereocenters. The van der Waals surface area contributed by atoms with Gasteiger partial charge in [0, 0.05) is 18.7 Å². The summed E-state index contributed by atoms with van der Waals surface area (Å²) in [5.41, 5.74) is 0.887. The van der Waals surface area contributed by atoms with Crippen LogP contribution in [-0.4, -0.2) is 34.5 Å². The average molecular weight is 412 g/mol. The number of carbonyl (C=O) groups is 2. The van der Waals surface area contributed by atoms with Gasteiger partial charge in [0.2, 0.25) is 11.8 Å². The van der Waals surface area contributed by atoms with Crippen molar-refractivity contribution in [1.82, 2.24) is 14.9 Å². The van der Waals surface area contributed by atoms with Crippen LogP contribution in [-0.2, 0) is 16.1 Å². The molecule has 2 N–H and O–H groups in total. The van der Waals surface area contributed by atoms with Gasteiger partial charge in [-0.15, -0.1) is 11.3 Å². The van der Waals surface area contributed by atoms with Crippen LogP contribution in [0.4, 0.5) is 5.69 Å². The van der Waals surface area contributed by atoms with E-state index in [1.165, 1.54) is 35.2 Å². The summed E-state index contributed by atoms with van der Waals surface area (Å²) in [5, 5.41) is 7.28. The molecule has 9 heteroatoms. The molecule has 0 saturated heterocycles. The Morgan fingerprint density at radius 3 is 2.66 bits per heavy atom. The second kappa shape index (κ2) is 9.65. The quantitative estimate of drug-likeness (QED) is 0.552. The van der Waals surface area contributed by atoms with E-state index in [1.807, 2.05) is 17.5 Å². The number of anilines is 1. The van der Waals surface area contributed by atoms with E-state index in [9.17, 15) is 14.4 Å². The van der Waals surface area contributed by atoms with Crippen molar-refractivity contribution in [3.63, 3.8) is 0 Å². The number of amides is 2. The molecule has 2 amide bonds. The Morgan fingerprint density at radius 1 is 1.21 bits per heavy atom. The number of hydrogen-bond donors (Lipinski definition) is 2. The van der Waals surface area contributed by atoms with Crippen molar-refractivity contribution in [1.29, 1.82) is 0 Å². The molecule has 0 bridgehead atoms. The molecule has 0 aliphatic carbocycles. The van der Waals surface area contributed by atoms with Crippen molar-refractivity contribution >= 4 is 28.8 Å². The van der Waals surface area contributed by atoms with E-state index < -0.39 is 0 Å². The molecule has 0 radical (unpaired) electrons. The number of carbonyl (C=O) groups excluding carboxylic acids is 2. The lowest BCUT2D eigenvalue weighted by Crippen LogP contribution is -2.27. The summed E-state index contributed by atoms with van der Waals surface area (Å²) in [7, 11) is 0. The highest BCUT2D eigenvalue weighted by Gasteiger charge is 2.08. The van der Waals surface area contributed by atoms with Gasteiger partial charge in [-0.1, -0.05) is 6.07 Å². The maximum atomic E-state index is 12.2. The number of hydrogen-bond acceptors (Lipinski definition) is 6. The van der Waals surface area contributed by atoms with Crippen LogP contribution in [0.2, 0.25) is 0 Å². The Bertz CT molecular complexity index is 1030. The predicted octanol–water partition coefficient (Wildman–Crippen LogP) is 2.13. The van der Waals surface area contributed by atoms with E-state index in [0.717, 1.165) is 4.88 Å². The smallest absolute Gasteiger partial charge is 0.254 e. The van der Waals surface area contributed by atoms with Crippen LogP contribution in [0, 0.1) is 0 Å². The molecular formula is C20H20N4O4S. The molecule has 0 spiro atoms. The fraction of sp³-hybridized carbons (Fsp3) is 0.200. The third-order valence-corrected chi connectivity index (χ3v) is 4.74. The van der Waals surface area contributed by atoms with Crippen molar-refractivity contribution in [2.75, 3.05) is 18.5 Å². The van der Waals surface area contributed by atoms with Gasteiger partial charge < -0.3 is 15.4 Å². The summed E-state index contributed by atoms with van der Waals surface area (Å²) in [4.78, 5) is 40.4. The highest BCUT2D eigenvalue weighted by atomic mass is 32.1. The summed E-state index contributed by atoms with van der Waals surface area (Å²) in [5.74, 6) is 0.178. The van der Waals surface area contributed by atoms with Gasteiger partial charge in [-0.3, -0.25) is 19.0 Å². The maximum absolute atomic E-state index is 12.2. The molecule has 3 rings (SSSR count). The molecule has 3 aromatic rings. The van der Waals surface area contributed by atoms with Crippen molar-refractivity contribution in [3.8, 4) is 16.3 Å². The minimum absolute atomic E-state index is 0.109. The SMILES string of the molecule is CC(=O)NCCOc1ccc(NC(=O)Cn2cnc(-c3cccs3)cc2=O)cc1. The van der Waals surface area contributed by atoms with Gasteiger partial charge in [-0.05, 0) is 35.7 Å². The van der Waals surface area contributed by atoms with Gasteiger partial charge in [0.15, 0.2) is 0 Å². The van der Waals surface area contributed by atoms with Crippen LogP contribution < -0.4 is 20.9 Å². The van der Waals surface area contributed by atoms with E-state index in [2.05, 4.69) is 15.6 Å². The first kappa shape index (κ1) is 20.3. The number of thiophene rings is 1. The van der Waals surface area contributed by atoms with Gasteiger partial charge in [0.05, 0.1) is 23.4 Å². The standard InChI is InChI=1S/C20H20N4O4S/c1-14(25)21-8-9-28-16-6-4-15(5-7-16)23-19(26)12-24-13-22-17(11-20(24)27)18-3-2-10-29-18/h2-7,10-11,13H,8-9,12H2,1H3,(H,21,25)(H,23,26). The molecule has 2 heterocycles. The van der Waals surface area contributed by atoms with Crippen molar-refractivity contribution in [2.24, 2.45) is 0 Å². The molecular weight excluding hydrogens is 392 g/mol. The molecule has 0 atom stereocenters. The average Bonchev–Trinajstić information content (AvgIpc) is 3.23. The molecule has 29 heavy (non-hydrogen) atoms. The van der Waals surface area contributed by atoms with Gasteiger partial charge in [-0.25, -0.2) is 4.98 Å². The number of ether oxygens (including phenoxy) is 1. The highest BCUT2D eigenvalue weighted by Crippen LogP contribution is 2.20. The minimum atomic E-state index is -0.336. The molecule has 0 aliphatic heterocycles. The van der Waals surface area contributed by atoms with E-state index in [1.54, 1.807) is 24.3 Å².